The molecule has 136 valence electrons. The third-order valence-corrected chi connectivity index (χ3v) is 5.70. The van der Waals surface area contributed by atoms with E-state index in [1.165, 1.54) is 25.8 Å². The number of aliphatic hydroxyl groups is 1. The molecule has 3 N–H and O–H groups in total. The largest absolute Gasteiger partial charge is 0.383 e. The molecule has 6 heteroatoms. The van der Waals surface area contributed by atoms with Crippen molar-refractivity contribution < 1.29 is 5.11 Å². The number of likely N-dealkylation sites (tertiary alicyclic amines) is 1. The van der Waals surface area contributed by atoms with Gasteiger partial charge in [-0.3, -0.25) is 4.90 Å². The fraction of sp³-hybridized carbons (Fsp3) is 0.722. The van der Waals surface area contributed by atoms with Crippen molar-refractivity contribution >= 4 is 17.3 Å². The van der Waals surface area contributed by atoms with Gasteiger partial charge in [-0.2, -0.15) is 0 Å². The Morgan fingerprint density at radius 2 is 2.29 bits per heavy atom. The molecular weight excluding hydrogens is 320 g/mol. The van der Waals surface area contributed by atoms with Crippen LogP contribution >= 0.6 is 11.3 Å². The molecule has 0 amide bonds. The molecule has 5 nitrogen and oxygen atoms in total. The number of aliphatic imine (C=N–C) groups is 1. The number of nitrogens with one attached hydrogen (secondary N) is 2. The van der Waals surface area contributed by atoms with Crippen LogP contribution in [0.2, 0.25) is 0 Å². The van der Waals surface area contributed by atoms with Crippen LogP contribution in [0.1, 0.15) is 44.9 Å². The molecule has 1 saturated heterocycles. The van der Waals surface area contributed by atoms with Gasteiger partial charge in [0.05, 0.1) is 6.54 Å². The Morgan fingerprint density at radius 3 is 2.96 bits per heavy atom. The molecule has 1 fully saturated rings. The fourth-order valence-corrected chi connectivity index (χ4v) is 3.82. The van der Waals surface area contributed by atoms with Crippen molar-refractivity contribution in [2.45, 2.75) is 51.7 Å². The molecule has 2 unspecified atom stereocenters. The lowest BCUT2D eigenvalue weighted by molar-refractivity contribution is 0.0711. The molecule has 0 aliphatic carbocycles. The average Bonchev–Trinajstić information content (AvgIpc) is 3.10. The molecule has 24 heavy (non-hydrogen) atoms. The van der Waals surface area contributed by atoms with E-state index in [4.69, 9.17) is 0 Å². The van der Waals surface area contributed by atoms with E-state index in [2.05, 4.69) is 34.4 Å². The molecule has 2 atom stereocenters. The van der Waals surface area contributed by atoms with Gasteiger partial charge < -0.3 is 15.7 Å². The molecule has 0 aromatic carbocycles. The Morgan fingerprint density at radius 1 is 1.46 bits per heavy atom. The van der Waals surface area contributed by atoms with Crippen molar-refractivity contribution in [3.8, 4) is 0 Å². The van der Waals surface area contributed by atoms with E-state index in [9.17, 15) is 5.11 Å². The highest BCUT2D eigenvalue weighted by Gasteiger charge is 2.24. The summed E-state index contributed by atoms with van der Waals surface area (Å²) in [6, 6.07) is 4.60. The van der Waals surface area contributed by atoms with Crippen molar-refractivity contribution in [2.75, 3.05) is 32.7 Å². The lowest BCUT2D eigenvalue weighted by atomic mass is 10.0. The van der Waals surface area contributed by atoms with E-state index in [-0.39, 0.29) is 0 Å². The summed E-state index contributed by atoms with van der Waals surface area (Å²) in [5.74, 6) is 0.777. The zero-order valence-electron chi connectivity index (χ0n) is 15.2. The van der Waals surface area contributed by atoms with Crippen molar-refractivity contribution in [3.05, 3.63) is 22.4 Å². The predicted molar refractivity (Wildman–Crippen MR) is 103 cm³/mol. The van der Waals surface area contributed by atoms with Gasteiger partial charge >= 0.3 is 0 Å². The standard InChI is InChI=1S/C18H32N4OS/c1-4-19-17(20-10-12-22-11-6-5-8-15(22)2)21-14-18(3,23)16-9-7-13-24-16/h7,9,13,15,23H,4-6,8,10-12,14H2,1-3H3,(H2,19,20,21). The highest BCUT2D eigenvalue weighted by Crippen LogP contribution is 2.25. The van der Waals surface area contributed by atoms with Gasteiger partial charge in [-0.1, -0.05) is 12.5 Å². The number of piperidine rings is 1. The van der Waals surface area contributed by atoms with Gasteiger partial charge in [0.1, 0.15) is 5.60 Å². The van der Waals surface area contributed by atoms with Gasteiger partial charge in [0.25, 0.3) is 0 Å². The minimum atomic E-state index is -0.919. The molecule has 2 heterocycles. The Balaban J connectivity index is 1.84. The first-order valence-corrected chi connectivity index (χ1v) is 9.93. The fourth-order valence-electron chi connectivity index (χ4n) is 3.05. The van der Waals surface area contributed by atoms with E-state index in [0.717, 1.165) is 30.5 Å². The number of nitrogens with zero attached hydrogens (tertiary/aromatic N) is 2. The molecule has 2 rings (SSSR count). The third kappa shape index (κ3) is 5.76. The van der Waals surface area contributed by atoms with Gasteiger partial charge in [0, 0.05) is 30.6 Å². The Labute approximate surface area is 150 Å². The molecule has 1 aliphatic heterocycles. The molecular formula is C18H32N4OS. The van der Waals surface area contributed by atoms with E-state index in [0.29, 0.717) is 12.6 Å². The van der Waals surface area contributed by atoms with Crippen LogP contribution in [0, 0.1) is 0 Å². The number of hydrogen-bond acceptors (Lipinski definition) is 4. The monoisotopic (exact) mass is 352 g/mol. The molecule has 1 aromatic rings. The van der Waals surface area contributed by atoms with Gasteiger partial charge in [0.2, 0.25) is 0 Å². The molecule has 0 bridgehead atoms. The number of guanidine groups is 1. The number of rotatable bonds is 7. The number of hydrogen-bond donors (Lipinski definition) is 3. The first-order valence-electron chi connectivity index (χ1n) is 9.05. The molecule has 0 spiro atoms. The minimum absolute atomic E-state index is 0.350. The van der Waals surface area contributed by atoms with Crippen molar-refractivity contribution in [1.82, 2.24) is 15.5 Å². The Bertz CT molecular complexity index is 501. The van der Waals surface area contributed by atoms with E-state index in [1.807, 2.05) is 24.4 Å². The lowest BCUT2D eigenvalue weighted by Gasteiger charge is -2.33. The van der Waals surface area contributed by atoms with Crippen LogP contribution in [0.5, 0.6) is 0 Å². The summed E-state index contributed by atoms with van der Waals surface area (Å²) in [4.78, 5) is 8.07. The molecule has 1 aliphatic rings. The number of thiophene rings is 1. The second-order valence-corrected chi connectivity index (χ2v) is 7.70. The quantitative estimate of drug-likeness (QED) is 0.521. The van der Waals surface area contributed by atoms with Gasteiger partial charge in [-0.25, -0.2) is 4.99 Å². The van der Waals surface area contributed by atoms with Crippen molar-refractivity contribution in [1.29, 1.82) is 0 Å². The average molecular weight is 353 g/mol. The zero-order valence-corrected chi connectivity index (χ0v) is 16.0. The van der Waals surface area contributed by atoms with Crippen LogP contribution in [-0.2, 0) is 5.60 Å². The van der Waals surface area contributed by atoms with E-state index >= 15 is 0 Å². The highest BCUT2D eigenvalue weighted by molar-refractivity contribution is 7.10. The SMILES string of the molecule is CCNC(=NCC(C)(O)c1cccs1)NCCN1CCCCC1C. The summed E-state index contributed by atoms with van der Waals surface area (Å²) in [7, 11) is 0. The third-order valence-electron chi connectivity index (χ3n) is 4.57. The maximum absolute atomic E-state index is 10.6. The zero-order chi connectivity index (χ0) is 17.4. The first kappa shape index (κ1) is 19.2. The summed E-state index contributed by atoms with van der Waals surface area (Å²) in [5, 5.41) is 19.2. The first-order chi connectivity index (χ1) is 11.5. The summed E-state index contributed by atoms with van der Waals surface area (Å²) in [6.45, 7) is 10.5. The summed E-state index contributed by atoms with van der Waals surface area (Å²) >= 11 is 1.57. The van der Waals surface area contributed by atoms with Crippen molar-refractivity contribution in [3.63, 3.8) is 0 Å². The van der Waals surface area contributed by atoms with Crippen LogP contribution in [0.4, 0.5) is 0 Å². The maximum Gasteiger partial charge on any atom is 0.191 e. The van der Waals surface area contributed by atoms with Crippen LogP contribution in [-0.4, -0.2) is 54.7 Å². The van der Waals surface area contributed by atoms with Gasteiger partial charge in [-0.05, 0) is 51.6 Å². The summed E-state index contributed by atoms with van der Waals surface area (Å²) < 4.78 is 0. The van der Waals surface area contributed by atoms with E-state index in [1.54, 1.807) is 11.3 Å². The molecule has 0 saturated carbocycles. The Kier molecular flexibility index (Phi) is 7.52. The lowest BCUT2D eigenvalue weighted by Crippen LogP contribution is -2.45. The second kappa shape index (κ2) is 9.39. The van der Waals surface area contributed by atoms with Crippen LogP contribution in [0.15, 0.2) is 22.5 Å². The van der Waals surface area contributed by atoms with E-state index < -0.39 is 5.60 Å². The van der Waals surface area contributed by atoms with Crippen molar-refractivity contribution in [2.24, 2.45) is 4.99 Å². The normalized spacial score (nSPS) is 22.2. The topological polar surface area (TPSA) is 59.9 Å². The summed E-state index contributed by atoms with van der Waals surface area (Å²) in [6.07, 6.45) is 3.97. The summed E-state index contributed by atoms with van der Waals surface area (Å²) in [5.41, 5.74) is -0.919. The molecule has 1 aromatic heterocycles. The molecule has 0 radical (unpaired) electrons. The maximum atomic E-state index is 10.6. The smallest absolute Gasteiger partial charge is 0.191 e. The Hall–Kier alpha value is -1.11. The van der Waals surface area contributed by atoms with Gasteiger partial charge in [-0.15, -0.1) is 11.3 Å². The highest BCUT2D eigenvalue weighted by atomic mass is 32.1. The minimum Gasteiger partial charge on any atom is -0.383 e. The van der Waals surface area contributed by atoms with Crippen LogP contribution in [0.3, 0.4) is 0 Å². The van der Waals surface area contributed by atoms with Crippen LogP contribution in [0.25, 0.3) is 0 Å². The second-order valence-electron chi connectivity index (χ2n) is 6.75. The van der Waals surface area contributed by atoms with Crippen LogP contribution < -0.4 is 10.6 Å². The van der Waals surface area contributed by atoms with Gasteiger partial charge in [0.15, 0.2) is 5.96 Å². The predicted octanol–water partition coefficient (Wildman–Crippen LogP) is 2.39.